The molecule has 0 fully saturated rings. The largest absolute Gasteiger partial charge is 0.338 e. The molecule has 0 spiro atoms. The highest BCUT2D eigenvalue weighted by Crippen LogP contribution is 2.27. The van der Waals surface area contributed by atoms with Crippen molar-refractivity contribution in [2.45, 2.75) is 25.7 Å². The average molecular weight is 254 g/mol. The van der Waals surface area contributed by atoms with Gasteiger partial charge in [-0.25, -0.2) is 4.98 Å². The lowest BCUT2D eigenvalue weighted by atomic mass is 9.97. The number of carbonyl (C=O) groups is 1. The molecule has 1 heterocycles. The molecule has 0 radical (unpaired) electrons. The Morgan fingerprint density at radius 1 is 1.32 bits per heavy atom. The van der Waals surface area contributed by atoms with Crippen LogP contribution in [-0.4, -0.2) is 15.3 Å². The fraction of sp³-hybridized carbons (Fsp3) is 0.375. The SMILES string of the molecule is Cn1ccnc1CCC(=O)C1Cc2ccccc2C1. The second-order valence-corrected chi connectivity index (χ2v) is 5.29. The maximum absolute atomic E-state index is 12.3. The molecule has 0 aliphatic heterocycles. The van der Waals surface area contributed by atoms with Crippen LogP contribution in [0.3, 0.4) is 0 Å². The number of aryl methyl sites for hydroxylation is 2. The zero-order chi connectivity index (χ0) is 13.2. The lowest BCUT2D eigenvalue weighted by Crippen LogP contribution is -2.16. The Bertz CT molecular complexity index is 575. The van der Waals surface area contributed by atoms with E-state index in [1.54, 1.807) is 6.20 Å². The normalized spacial score (nSPS) is 14.6. The van der Waals surface area contributed by atoms with Crippen molar-refractivity contribution in [2.24, 2.45) is 13.0 Å². The van der Waals surface area contributed by atoms with Gasteiger partial charge in [0.2, 0.25) is 0 Å². The first-order valence-electron chi connectivity index (χ1n) is 6.80. The van der Waals surface area contributed by atoms with Gasteiger partial charge in [-0.2, -0.15) is 0 Å². The quantitative estimate of drug-likeness (QED) is 0.839. The molecule has 0 atom stereocenters. The van der Waals surface area contributed by atoms with Gasteiger partial charge in [0.25, 0.3) is 0 Å². The molecule has 3 rings (SSSR count). The summed E-state index contributed by atoms with van der Waals surface area (Å²) in [5.41, 5.74) is 2.69. The van der Waals surface area contributed by atoms with E-state index in [0.717, 1.165) is 25.1 Å². The first-order valence-corrected chi connectivity index (χ1v) is 6.80. The molecule has 3 heteroatoms. The van der Waals surface area contributed by atoms with Crippen LogP contribution in [0.5, 0.6) is 0 Å². The summed E-state index contributed by atoms with van der Waals surface area (Å²) in [5, 5.41) is 0. The Morgan fingerprint density at radius 2 is 2.00 bits per heavy atom. The summed E-state index contributed by atoms with van der Waals surface area (Å²) in [4.78, 5) is 16.5. The molecule has 1 aliphatic carbocycles. The summed E-state index contributed by atoms with van der Waals surface area (Å²) in [6, 6.07) is 8.39. The van der Waals surface area contributed by atoms with E-state index in [4.69, 9.17) is 0 Å². The van der Waals surface area contributed by atoms with Crippen molar-refractivity contribution in [1.82, 2.24) is 9.55 Å². The molecule has 98 valence electrons. The van der Waals surface area contributed by atoms with Crippen molar-refractivity contribution in [1.29, 1.82) is 0 Å². The Morgan fingerprint density at radius 3 is 2.58 bits per heavy atom. The Hall–Kier alpha value is -1.90. The first kappa shape index (κ1) is 12.2. The summed E-state index contributed by atoms with van der Waals surface area (Å²) in [6.45, 7) is 0. The zero-order valence-electron chi connectivity index (χ0n) is 11.2. The zero-order valence-corrected chi connectivity index (χ0v) is 11.2. The summed E-state index contributed by atoms with van der Waals surface area (Å²) in [5.74, 6) is 1.54. The summed E-state index contributed by atoms with van der Waals surface area (Å²) >= 11 is 0. The number of fused-ring (bicyclic) bond motifs is 1. The maximum Gasteiger partial charge on any atom is 0.137 e. The second-order valence-electron chi connectivity index (χ2n) is 5.29. The van der Waals surface area contributed by atoms with Crippen molar-refractivity contribution in [2.75, 3.05) is 0 Å². The van der Waals surface area contributed by atoms with Crippen LogP contribution >= 0.6 is 0 Å². The van der Waals surface area contributed by atoms with Gasteiger partial charge < -0.3 is 4.57 Å². The van der Waals surface area contributed by atoms with Gasteiger partial charge in [-0.1, -0.05) is 24.3 Å². The van der Waals surface area contributed by atoms with Crippen molar-refractivity contribution < 1.29 is 4.79 Å². The summed E-state index contributed by atoms with van der Waals surface area (Å²) < 4.78 is 1.98. The van der Waals surface area contributed by atoms with E-state index in [0.29, 0.717) is 12.2 Å². The highest BCUT2D eigenvalue weighted by molar-refractivity contribution is 5.82. The first-order chi connectivity index (χ1) is 9.24. The third-order valence-corrected chi connectivity index (χ3v) is 4.02. The van der Waals surface area contributed by atoms with Crippen LogP contribution < -0.4 is 0 Å². The number of hydrogen-bond acceptors (Lipinski definition) is 2. The standard InChI is InChI=1S/C16H18N2O/c1-18-9-8-17-16(18)7-6-15(19)14-10-12-4-2-3-5-13(12)11-14/h2-5,8-9,14H,6-7,10-11H2,1H3. The molecule has 0 N–H and O–H groups in total. The van der Waals surface area contributed by atoms with Crippen LogP contribution in [0.15, 0.2) is 36.7 Å². The molecule has 19 heavy (non-hydrogen) atoms. The highest BCUT2D eigenvalue weighted by Gasteiger charge is 2.26. The number of Topliss-reactive ketones (excluding diaryl/α,β-unsaturated/α-hetero) is 1. The van der Waals surface area contributed by atoms with Crippen molar-refractivity contribution >= 4 is 5.78 Å². The van der Waals surface area contributed by atoms with Gasteiger partial charge in [-0.15, -0.1) is 0 Å². The molecule has 0 saturated carbocycles. The lowest BCUT2D eigenvalue weighted by molar-refractivity contribution is -0.122. The highest BCUT2D eigenvalue weighted by atomic mass is 16.1. The van der Waals surface area contributed by atoms with Crippen LogP contribution in [0, 0.1) is 5.92 Å². The molecule has 0 unspecified atom stereocenters. The number of nitrogens with zero attached hydrogens (tertiary/aromatic N) is 2. The number of imidazole rings is 1. The average Bonchev–Trinajstić information content (AvgIpc) is 3.01. The molecule has 2 aromatic rings. The summed E-state index contributed by atoms with van der Waals surface area (Å²) in [7, 11) is 1.97. The van der Waals surface area contributed by atoms with Gasteiger partial charge in [-0.3, -0.25) is 4.79 Å². The maximum atomic E-state index is 12.3. The van der Waals surface area contributed by atoms with Gasteiger partial charge in [-0.05, 0) is 24.0 Å². The minimum atomic E-state index is 0.178. The van der Waals surface area contributed by atoms with Crippen molar-refractivity contribution in [3.8, 4) is 0 Å². The fourth-order valence-corrected chi connectivity index (χ4v) is 2.86. The number of carbonyl (C=O) groups excluding carboxylic acids is 1. The Kier molecular flexibility index (Phi) is 3.20. The van der Waals surface area contributed by atoms with Gasteiger partial charge in [0.05, 0.1) is 0 Å². The predicted octanol–water partition coefficient (Wildman–Crippen LogP) is 2.34. The lowest BCUT2D eigenvalue weighted by Gasteiger charge is -2.07. The van der Waals surface area contributed by atoms with Crippen LogP contribution in [0.2, 0.25) is 0 Å². The molecule has 1 aliphatic rings. The fourth-order valence-electron chi connectivity index (χ4n) is 2.86. The topological polar surface area (TPSA) is 34.9 Å². The molecule has 0 amide bonds. The van der Waals surface area contributed by atoms with Crippen LogP contribution in [0.4, 0.5) is 0 Å². The second kappa shape index (κ2) is 5.00. The molecule has 0 bridgehead atoms. The third-order valence-electron chi connectivity index (χ3n) is 4.02. The van der Waals surface area contributed by atoms with Crippen LogP contribution in [-0.2, 0) is 31.1 Å². The van der Waals surface area contributed by atoms with Crippen molar-refractivity contribution in [3.05, 3.63) is 53.6 Å². The number of hydrogen-bond donors (Lipinski definition) is 0. The van der Waals surface area contributed by atoms with Gasteiger partial charge in [0.1, 0.15) is 11.6 Å². The number of rotatable bonds is 4. The van der Waals surface area contributed by atoms with Crippen LogP contribution in [0.25, 0.3) is 0 Å². The van der Waals surface area contributed by atoms with E-state index in [2.05, 4.69) is 29.2 Å². The van der Waals surface area contributed by atoms with Gasteiger partial charge in [0, 0.05) is 38.2 Å². The van der Waals surface area contributed by atoms with Gasteiger partial charge in [0.15, 0.2) is 0 Å². The number of ketones is 1. The molecule has 1 aromatic carbocycles. The molecular weight excluding hydrogens is 236 g/mol. The van der Waals surface area contributed by atoms with E-state index in [1.165, 1.54) is 11.1 Å². The molecule has 1 aromatic heterocycles. The van der Waals surface area contributed by atoms with E-state index >= 15 is 0 Å². The number of benzene rings is 1. The molecule has 0 saturated heterocycles. The summed E-state index contributed by atoms with van der Waals surface area (Å²) in [6.07, 6.45) is 6.88. The van der Waals surface area contributed by atoms with E-state index in [1.807, 2.05) is 17.8 Å². The third kappa shape index (κ3) is 2.46. The van der Waals surface area contributed by atoms with Crippen LogP contribution in [0.1, 0.15) is 23.4 Å². The van der Waals surface area contributed by atoms with E-state index in [9.17, 15) is 4.79 Å². The minimum absolute atomic E-state index is 0.178. The Balaban J connectivity index is 1.60. The Labute approximate surface area is 113 Å². The molecular formula is C16H18N2O. The smallest absolute Gasteiger partial charge is 0.137 e. The minimum Gasteiger partial charge on any atom is -0.338 e. The predicted molar refractivity (Wildman–Crippen MR) is 73.9 cm³/mol. The van der Waals surface area contributed by atoms with E-state index in [-0.39, 0.29) is 5.92 Å². The van der Waals surface area contributed by atoms with Crippen molar-refractivity contribution in [3.63, 3.8) is 0 Å². The van der Waals surface area contributed by atoms with E-state index < -0.39 is 0 Å². The monoisotopic (exact) mass is 254 g/mol. The molecule has 3 nitrogen and oxygen atoms in total. The number of aromatic nitrogens is 2. The van der Waals surface area contributed by atoms with Gasteiger partial charge >= 0.3 is 0 Å².